The minimum absolute atomic E-state index is 0.330. The minimum Gasteiger partial charge on any atom is -0.244 e. The molecular formula is C14H27F. The molecule has 1 fully saturated rings. The highest BCUT2D eigenvalue weighted by molar-refractivity contribution is 5.01. The van der Waals surface area contributed by atoms with E-state index in [9.17, 15) is 4.39 Å². The molecule has 0 amide bonds. The normalized spacial score (nSPS) is 33.8. The first kappa shape index (κ1) is 13.0. The molecule has 1 rings (SSSR count). The molecule has 0 nitrogen and oxygen atoms in total. The van der Waals surface area contributed by atoms with Gasteiger partial charge in [-0.05, 0) is 43.4 Å². The van der Waals surface area contributed by atoms with Crippen molar-refractivity contribution >= 4 is 0 Å². The molecule has 0 radical (unpaired) electrons. The van der Waals surface area contributed by atoms with Crippen molar-refractivity contribution in [3.05, 3.63) is 0 Å². The SMILES string of the molecule is CCCC(C)(CC)CCCC1(F)CC1C. The van der Waals surface area contributed by atoms with Gasteiger partial charge in [-0.15, -0.1) is 0 Å². The van der Waals surface area contributed by atoms with Gasteiger partial charge in [-0.2, -0.15) is 0 Å². The second-order valence-corrected chi connectivity index (χ2v) is 5.91. The van der Waals surface area contributed by atoms with E-state index >= 15 is 0 Å². The zero-order chi connectivity index (χ0) is 11.5. The highest BCUT2D eigenvalue weighted by Crippen LogP contribution is 2.51. The number of hydrogen-bond donors (Lipinski definition) is 0. The van der Waals surface area contributed by atoms with Gasteiger partial charge in [-0.1, -0.05) is 40.5 Å². The quantitative estimate of drug-likeness (QED) is 0.551. The number of rotatable bonds is 7. The van der Waals surface area contributed by atoms with Crippen LogP contribution in [0, 0.1) is 11.3 Å². The van der Waals surface area contributed by atoms with E-state index in [0.29, 0.717) is 11.3 Å². The lowest BCUT2D eigenvalue weighted by molar-refractivity contribution is 0.212. The second kappa shape index (κ2) is 4.84. The Morgan fingerprint density at radius 1 is 1.33 bits per heavy atom. The molecule has 0 aromatic carbocycles. The third-order valence-electron chi connectivity index (χ3n) is 4.45. The van der Waals surface area contributed by atoms with Gasteiger partial charge in [-0.25, -0.2) is 4.39 Å². The molecule has 3 atom stereocenters. The van der Waals surface area contributed by atoms with Crippen molar-refractivity contribution in [3.63, 3.8) is 0 Å². The van der Waals surface area contributed by atoms with Gasteiger partial charge >= 0.3 is 0 Å². The Bertz CT molecular complexity index is 202. The van der Waals surface area contributed by atoms with E-state index in [4.69, 9.17) is 0 Å². The van der Waals surface area contributed by atoms with Crippen LogP contribution in [0.3, 0.4) is 0 Å². The van der Waals surface area contributed by atoms with Gasteiger partial charge in [0.2, 0.25) is 0 Å². The summed E-state index contributed by atoms with van der Waals surface area (Å²) >= 11 is 0. The largest absolute Gasteiger partial charge is 0.244 e. The Labute approximate surface area is 94.6 Å². The fraction of sp³-hybridized carbons (Fsp3) is 1.00. The summed E-state index contributed by atoms with van der Waals surface area (Å²) in [4.78, 5) is 0. The molecule has 15 heavy (non-hydrogen) atoms. The van der Waals surface area contributed by atoms with Crippen molar-refractivity contribution < 1.29 is 4.39 Å². The molecule has 0 bridgehead atoms. The fourth-order valence-corrected chi connectivity index (χ4v) is 2.69. The van der Waals surface area contributed by atoms with Crippen molar-refractivity contribution in [2.45, 2.75) is 78.3 Å². The number of halogens is 1. The molecule has 0 aliphatic heterocycles. The Kier molecular flexibility index (Phi) is 4.20. The van der Waals surface area contributed by atoms with Crippen LogP contribution in [-0.2, 0) is 0 Å². The van der Waals surface area contributed by atoms with Crippen LogP contribution in [0.2, 0.25) is 0 Å². The minimum atomic E-state index is -0.777. The highest BCUT2D eigenvalue weighted by Gasteiger charge is 2.51. The monoisotopic (exact) mass is 214 g/mol. The van der Waals surface area contributed by atoms with Crippen molar-refractivity contribution in [3.8, 4) is 0 Å². The van der Waals surface area contributed by atoms with Gasteiger partial charge in [0.15, 0.2) is 0 Å². The van der Waals surface area contributed by atoms with Crippen LogP contribution in [0.5, 0.6) is 0 Å². The lowest BCUT2D eigenvalue weighted by atomic mass is 9.78. The predicted octanol–water partition coefficient (Wildman–Crippen LogP) is 5.12. The summed E-state index contributed by atoms with van der Waals surface area (Å²) < 4.78 is 13.8. The maximum atomic E-state index is 13.8. The van der Waals surface area contributed by atoms with Crippen molar-refractivity contribution in [1.29, 1.82) is 0 Å². The van der Waals surface area contributed by atoms with Crippen LogP contribution in [-0.4, -0.2) is 5.67 Å². The summed E-state index contributed by atoms with van der Waals surface area (Å²) in [5.74, 6) is 0.330. The van der Waals surface area contributed by atoms with Crippen molar-refractivity contribution in [1.82, 2.24) is 0 Å². The maximum absolute atomic E-state index is 13.8. The summed E-state index contributed by atoms with van der Waals surface area (Å²) in [6.07, 6.45) is 7.66. The highest BCUT2D eigenvalue weighted by atomic mass is 19.1. The number of alkyl halides is 1. The van der Waals surface area contributed by atoms with Crippen LogP contribution in [0.1, 0.15) is 72.6 Å². The Hall–Kier alpha value is -0.0700. The summed E-state index contributed by atoms with van der Waals surface area (Å²) in [5, 5.41) is 0. The lowest BCUT2D eigenvalue weighted by Crippen LogP contribution is -2.16. The van der Waals surface area contributed by atoms with Crippen molar-refractivity contribution in [2.24, 2.45) is 11.3 Å². The Morgan fingerprint density at radius 2 is 1.93 bits per heavy atom. The zero-order valence-corrected chi connectivity index (χ0v) is 10.9. The van der Waals surface area contributed by atoms with Crippen LogP contribution in [0.4, 0.5) is 4.39 Å². The van der Waals surface area contributed by atoms with E-state index in [1.807, 2.05) is 6.92 Å². The number of hydrogen-bond acceptors (Lipinski definition) is 0. The smallest absolute Gasteiger partial charge is 0.114 e. The van der Waals surface area contributed by atoms with Gasteiger partial charge in [0.05, 0.1) is 0 Å². The molecule has 0 spiro atoms. The molecule has 3 unspecified atom stereocenters. The van der Waals surface area contributed by atoms with E-state index in [0.717, 1.165) is 19.3 Å². The molecule has 0 aromatic rings. The zero-order valence-electron chi connectivity index (χ0n) is 10.9. The molecule has 1 aliphatic carbocycles. The summed E-state index contributed by atoms with van der Waals surface area (Å²) in [6, 6.07) is 0. The van der Waals surface area contributed by atoms with Crippen LogP contribution >= 0.6 is 0 Å². The Morgan fingerprint density at radius 3 is 2.33 bits per heavy atom. The molecular weight excluding hydrogens is 187 g/mol. The second-order valence-electron chi connectivity index (χ2n) is 5.91. The van der Waals surface area contributed by atoms with Gasteiger partial charge < -0.3 is 0 Å². The topological polar surface area (TPSA) is 0 Å². The molecule has 1 heteroatoms. The average molecular weight is 214 g/mol. The predicted molar refractivity (Wildman–Crippen MR) is 64.8 cm³/mol. The molecule has 0 heterocycles. The third kappa shape index (κ3) is 3.46. The molecule has 0 aromatic heterocycles. The van der Waals surface area contributed by atoms with Gasteiger partial charge in [0, 0.05) is 0 Å². The molecule has 1 saturated carbocycles. The van der Waals surface area contributed by atoms with Crippen LogP contribution in [0.25, 0.3) is 0 Å². The standard InChI is InChI=1S/C14H27F/c1-5-8-13(4,6-2)9-7-10-14(15)11-12(14)3/h12H,5-11H2,1-4H3. The van der Waals surface area contributed by atoms with Crippen LogP contribution in [0.15, 0.2) is 0 Å². The molecule has 0 N–H and O–H groups in total. The molecule has 90 valence electrons. The van der Waals surface area contributed by atoms with Crippen molar-refractivity contribution in [2.75, 3.05) is 0 Å². The van der Waals surface area contributed by atoms with E-state index in [1.165, 1.54) is 25.7 Å². The first-order valence-corrected chi connectivity index (χ1v) is 6.65. The maximum Gasteiger partial charge on any atom is 0.114 e. The summed E-state index contributed by atoms with van der Waals surface area (Å²) in [5.41, 5.74) is -0.315. The summed E-state index contributed by atoms with van der Waals surface area (Å²) in [7, 11) is 0. The molecule has 1 aliphatic rings. The van der Waals surface area contributed by atoms with E-state index in [-0.39, 0.29) is 0 Å². The van der Waals surface area contributed by atoms with Gasteiger partial charge in [0.1, 0.15) is 5.67 Å². The van der Waals surface area contributed by atoms with E-state index in [2.05, 4.69) is 20.8 Å². The van der Waals surface area contributed by atoms with E-state index in [1.54, 1.807) is 0 Å². The fourth-order valence-electron chi connectivity index (χ4n) is 2.69. The molecule has 0 saturated heterocycles. The summed E-state index contributed by atoms with van der Waals surface area (Å²) in [6.45, 7) is 8.90. The lowest BCUT2D eigenvalue weighted by Gasteiger charge is -2.28. The van der Waals surface area contributed by atoms with Gasteiger partial charge in [0.25, 0.3) is 0 Å². The van der Waals surface area contributed by atoms with E-state index < -0.39 is 5.67 Å². The third-order valence-corrected chi connectivity index (χ3v) is 4.45. The average Bonchev–Trinajstić information content (AvgIpc) is 2.75. The first-order chi connectivity index (χ1) is 6.96. The Balaban J connectivity index is 2.23. The first-order valence-electron chi connectivity index (χ1n) is 6.65. The van der Waals surface area contributed by atoms with Gasteiger partial charge in [-0.3, -0.25) is 0 Å². The van der Waals surface area contributed by atoms with Crippen LogP contribution < -0.4 is 0 Å².